The van der Waals surface area contributed by atoms with E-state index in [-0.39, 0.29) is 5.91 Å². The molecule has 0 radical (unpaired) electrons. The summed E-state index contributed by atoms with van der Waals surface area (Å²) >= 11 is 0. The molecule has 0 saturated carbocycles. The van der Waals surface area contributed by atoms with Gasteiger partial charge in [0.15, 0.2) is 0 Å². The van der Waals surface area contributed by atoms with E-state index >= 15 is 0 Å². The van der Waals surface area contributed by atoms with Crippen LogP contribution in [0.15, 0.2) is 24.3 Å². The molecule has 0 bridgehead atoms. The standard InChI is InChI=1S/C28H46F3NO/c1-3-5-7-9-11-13-15-17-23-32(24-18-16-14-12-10-8-6-4-2)27(33)25-19-21-26(22-20-25)28(29,30)31/h19-22H,3-18,23-24H2,1-2H3. The molecule has 1 aromatic rings. The third kappa shape index (κ3) is 13.7. The van der Waals surface area contributed by atoms with Crippen LogP contribution < -0.4 is 0 Å². The Labute approximate surface area is 200 Å². The van der Waals surface area contributed by atoms with Crippen molar-refractivity contribution in [1.29, 1.82) is 0 Å². The van der Waals surface area contributed by atoms with E-state index < -0.39 is 11.7 Å². The number of amides is 1. The van der Waals surface area contributed by atoms with Crippen molar-refractivity contribution >= 4 is 5.91 Å². The highest BCUT2D eigenvalue weighted by Gasteiger charge is 2.30. The molecule has 1 amide bonds. The van der Waals surface area contributed by atoms with Gasteiger partial charge in [0, 0.05) is 18.7 Å². The number of nitrogens with zero attached hydrogens (tertiary/aromatic N) is 1. The van der Waals surface area contributed by atoms with E-state index in [9.17, 15) is 18.0 Å². The van der Waals surface area contributed by atoms with Crippen LogP contribution in [0.5, 0.6) is 0 Å². The minimum absolute atomic E-state index is 0.144. The van der Waals surface area contributed by atoms with Gasteiger partial charge in [-0.15, -0.1) is 0 Å². The van der Waals surface area contributed by atoms with Crippen LogP contribution in [0.2, 0.25) is 0 Å². The molecule has 2 nitrogen and oxygen atoms in total. The number of hydrogen-bond donors (Lipinski definition) is 0. The highest BCUT2D eigenvalue weighted by Crippen LogP contribution is 2.29. The second-order valence-electron chi connectivity index (χ2n) is 9.32. The van der Waals surface area contributed by atoms with Gasteiger partial charge >= 0.3 is 6.18 Å². The maximum atomic E-state index is 13.0. The molecule has 0 N–H and O–H groups in total. The van der Waals surface area contributed by atoms with Crippen molar-refractivity contribution < 1.29 is 18.0 Å². The number of benzene rings is 1. The molecule has 1 aromatic carbocycles. The van der Waals surface area contributed by atoms with E-state index in [2.05, 4.69) is 13.8 Å². The average Bonchev–Trinajstić information content (AvgIpc) is 2.80. The van der Waals surface area contributed by atoms with Gasteiger partial charge in [0.05, 0.1) is 5.56 Å². The Hall–Kier alpha value is -1.52. The normalized spacial score (nSPS) is 11.7. The quantitative estimate of drug-likeness (QED) is 0.185. The molecule has 0 aliphatic heterocycles. The summed E-state index contributed by atoms with van der Waals surface area (Å²) in [6, 6.07) is 4.66. The van der Waals surface area contributed by atoms with Crippen molar-refractivity contribution in [3.05, 3.63) is 35.4 Å². The molecule has 0 aliphatic carbocycles. The zero-order valence-corrected chi connectivity index (χ0v) is 21.0. The predicted molar refractivity (Wildman–Crippen MR) is 133 cm³/mol. The third-order valence-corrected chi connectivity index (χ3v) is 6.31. The Morgan fingerprint density at radius 2 is 1.00 bits per heavy atom. The molecule has 190 valence electrons. The topological polar surface area (TPSA) is 20.3 Å². The van der Waals surface area contributed by atoms with Gasteiger partial charge in [-0.1, -0.05) is 104 Å². The zero-order chi connectivity index (χ0) is 24.4. The lowest BCUT2D eigenvalue weighted by molar-refractivity contribution is -0.137. The summed E-state index contributed by atoms with van der Waals surface area (Å²) in [5.41, 5.74) is -0.362. The van der Waals surface area contributed by atoms with Gasteiger partial charge in [0.1, 0.15) is 0 Å². The van der Waals surface area contributed by atoms with Crippen molar-refractivity contribution in [2.24, 2.45) is 0 Å². The number of halogens is 3. The predicted octanol–water partition coefficient (Wildman–Crippen LogP) is 9.43. The lowest BCUT2D eigenvalue weighted by atomic mass is 10.1. The fourth-order valence-electron chi connectivity index (χ4n) is 4.17. The Morgan fingerprint density at radius 3 is 1.36 bits per heavy atom. The highest BCUT2D eigenvalue weighted by atomic mass is 19.4. The Kier molecular flexibility index (Phi) is 16.0. The fourth-order valence-corrected chi connectivity index (χ4v) is 4.17. The molecular formula is C28H46F3NO. The summed E-state index contributed by atoms with van der Waals surface area (Å²) in [6.07, 6.45) is 14.8. The largest absolute Gasteiger partial charge is 0.416 e. The number of hydrogen-bond acceptors (Lipinski definition) is 1. The van der Waals surface area contributed by atoms with Crippen LogP contribution >= 0.6 is 0 Å². The van der Waals surface area contributed by atoms with Crippen molar-refractivity contribution in [3.8, 4) is 0 Å². The van der Waals surface area contributed by atoms with Crippen LogP contribution in [0, 0.1) is 0 Å². The Balaban J connectivity index is 2.51. The van der Waals surface area contributed by atoms with Crippen LogP contribution in [-0.2, 0) is 6.18 Å². The van der Waals surface area contributed by atoms with E-state index in [1.807, 2.05) is 4.90 Å². The second-order valence-corrected chi connectivity index (χ2v) is 9.32. The van der Waals surface area contributed by atoms with Gasteiger partial charge in [-0.05, 0) is 37.1 Å². The zero-order valence-electron chi connectivity index (χ0n) is 21.0. The van der Waals surface area contributed by atoms with Gasteiger partial charge in [0.2, 0.25) is 0 Å². The van der Waals surface area contributed by atoms with Gasteiger partial charge < -0.3 is 4.90 Å². The molecule has 0 aromatic heterocycles. The smallest absolute Gasteiger partial charge is 0.339 e. The van der Waals surface area contributed by atoms with Gasteiger partial charge in [-0.2, -0.15) is 13.2 Å². The molecule has 33 heavy (non-hydrogen) atoms. The first-order valence-corrected chi connectivity index (χ1v) is 13.4. The van der Waals surface area contributed by atoms with Crippen LogP contribution in [0.3, 0.4) is 0 Å². The monoisotopic (exact) mass is 469 g/mol. The van der Waals surface area contributed by atoms with Crippen LogP contribution in [-0.4, -0.2) is 23.9 Å². The second kappa shape index (κ2) is 17.9. The lowest BCUT2D eigenvalue weighted by Crippen LogP contribution is -2.33. The summed E-state index contributed by atoms with van der Waals surface area (Å²) < 4.78 is 38.6. The first kappa shape index (κ1) is 29.5. The summed E-state index contributed by atoms with van der Waals surface area (Å²) in [4.78, 5) is 14.9. The summed E-state index contributed by atoms with van der Waals surface area (Å²) in [6.45, 7) is 5.81. The van der Waals surface area contributed by atoms with Crippen LogP contribution in [0.25, 0.3) is 0 Å². The van der Waals surface area contributed by atoms with Crippen LogP contribution in [0.1, 0.15) is 133 Å². The average molecular weight is 470 g/mol. The number of carbonyl (C=O) groups excluding carboxylic acids is 1. The van der Waals surface area contributed by atoms with Gasteiger partial charge in [-0.25, -0.2) is 0 Å². The molecule has 0 heterocycles. The molecule has 1 rings (SSSR count). The molecule has 0 unspecified atom stereocenters. The minimum Gasteiger partial charge on any atom is -0.339 e. The lowest BCUT2D eigenvalue weighted by Gasteiger charge is -2.23. The van der Waals surface area contributed by atoms with E-state index in [0.29, 0.717) is 18.7 Å². The minimum atomic E-state index is -4.38. The maximum Gasteiger partial charge on any atom is 0.416 e. The van der Waals surface area contributed by atoms with Crippen molar-refractivity contribution in [2.75, 3.05) is 13.1 Å². The van der Waals surface area contributed by atoms with Crippen molar-refractivity contribution in [1.82, 2.24) is 4.90 Å². The number of carbonyl (C=O) groups is 1. The molecular weight excluding hydrogens is 423 g/mol. The SMILES string of the molecule is CCCCCCCCCCN(CCCCCCCCCC)C(=O)c1ccc(C(F)(F)F)cc1. The number of rotatable bonds is 19. The summed E-state index contributed by atoms with van der Waals surface area (Å²) in [5, 5.41) is 0. The van der Waals surface area contributed by atoms with Crippen molar-refractivity contribution in [2.45, 2.75) is 123 Å². The van der Waals surface area contributed by atoms with E-state index in [4.69, 9.17) is 0 Å². The van der Waals surface area contributed by atoms with Crippen molar-refractivity contribution in [3.63, 3.8) is 0 Å². The van der Waals surface area contributed by atoms with E-state index in [1.54, 1.807) is 0 Å². The maximum absolute atomic E-state index is 13.0. The number of unbranched alkanes of at least 4 members (excludes halogenated alkanes) is 14. The fraction of sp³-hybridized carbons (Fsp3) is 0.750. The Bertz CT molecular complexity index is 593. The third-order valence-electron chi connectivity index (χ3n) is 6.31. The van der Waals surface area contributed by atoms with Gasteiger partial charge in [0.25, 0.3) is 5.91 Å². The van der Waals surface area contributed by atoms with E-state index in [1.165, 1.54) is 89.2 Å². The van der Waals surface area contributed by atoms with Crippen LogP contribution in [0.4, 0.5) is 13.2 Å². The van der Waals surface area contributed by atoms with E-state index in [0.717, 1.165) is 37.8 Å². The molecule has 0 spiro atoms. The molecule has 0 aliphatic rings. The highest BCUT2D eigenvalue weighted by molar-refractivity contribution is 5.94. The molecule has 5 heteroatoms. The summed E-state index contributed by atoms with van der Waals surface area (Å²) in [5.74, 6) is -0.144. The molecule has 0 fully saturated rings. The summed E-state index contributed by atoms with van der Waals surface area (Å²) in [7, 11) is 0. The number of alkyl halides is 3. The Morgan fingerprint density at radius 1 is 0.636 bits per heavy atom. The van der Waals surface area contributed by atoms with Gasteiger partial charge in [-0.3, -0.25) is 4.79 Å². The first-order chi connectivity index (χ1) is 15.9. The molecule has 0 atom stereocenters. The molecule has 0 saturated heterocycles. The first-order valence-electron chi connectivity index (χ1n) is 13.4.